The Hall–Kier alpha value is -3.14. The number of fused-ring (bicyclic) bond motifs is 1. The van der Waals surface area contributed by atoms with Crippen LogP contribution < -0.4 is 11.5 Å². The predicted molar refractivity (Wildman–Crippen MR) is 91.5 cm³/mol. The van der Waals surface area contributed by atoms with E-state index in [2.05, 4.69) is 14.7 Å². The molecule has 0 fully saturated rings. The van der Waals surface area contributed by atoms with E-state index in [9.17, 15) is 18.0 Å². The number of rotatable bonds is 4. The lowest BCUT2D eigenvalue weighted by Crippen LogP contribution is -2.34. The number of esters is 1. The van der Waals surface area contributed by atoms with Crippen LogP contribution in [0.1, 0.15) is 11.3 Å². The van der Waals surface area contributed by atoms with E-state index >= 15 is 0 Å². The largest absolute Gasteiger partial charge is 0.468 e. The summed E-state index contributed by atoms with van der Waals surface area (Å²) in [7, 11) is 1.22. The minimum absolute atomic E-state index is 0.0421. The van der Waals surface area contributed by atoms with E-state index in [0.717, 1.165) is 12.1 Å². The zero-order valence-electron chi connectivity index (χ0n) is 14.2. The van der Waals surface area contributed by atoms with Crippen molar-refractivity contribution in [1.82, 2.24) is 14.4 Å². The molecule has 27 heavy (non-hydrogen) atoms. The monoisotopic (exact) mass is 379 g/mol. The van der Waals surface area contributed by atoms with Crippen molar-refractivity contribution in [2.75, 3.05) is 12.8 Å². The third-order valence-corrected chi connectivity index (χ3v) is 4.04. The van der Waals surface area contributed by atoms with Crippen LogP contribution in [0.2, 0.25) is 0 Å². The number of halogens is 3. The van der Waals surface area contributed by atoms with Gasteiger partial charge in [0.25, 0.3) is 0 Å². The molecule has 0 saturated heterocycles. The van der Waals surface area contributed by atoms with Gasteiger partial charge < -0.3 is 20.6 Å². The summed E-state index contributed by atoms with van der Waals surface area (Å²) in [4.78, 5) is 19.6. The Kier molecular flexibility index (Phi) is 4.75. The number of carbonyl (C=O) groups is 1. The van der Waals surface area contributed by atoms with E-state index in [1.54, 1.807) is 16.7 Å². The highest BCUT2D eigenvalue weighted by atomic mass is 19.4. The zero-order valence-corrected chi connectivity index (χ0v) is 14.2. The Balaban J connectivity index is 2.14. The van der Waals surface area contributed by atoms with E-state index in [-0.39, 0.29) is 29.1 Å². The predicted octanol–water partition coefficient (Wildman–Crippen LogP) is 2.04. The molecule has 3 aromatic rings. The van der Waals surface area contributed by atoms with Crippen molar-refractivity contribution in [3.63, 3.8) is 0 Å². The molecule has 0 aliphatic carbocycles. The van der Waals surface area contributed by atoms with Crippen LogP contribution in [0.15, 0.2) is 36.7 Å². The van der Waals surface area contributed by atoms with Crippen LogP contribution in [0.25, 0.3) is 16.9 Å². The number of hydrogen-bond acceptors (Lipinski definition) is 6. The first-order valence-electron chi connectivity index (χ1n) is 7.85. The normalized spacial score (nSPS) is 12.9. The van der Waals surface area contributed by atoms with Gasteiger partial charge in [-0.1, -0.05) is 0 Å². The van der Waals surface area contributed by atoms with Gasteiger partial charge in [0, 0.05) is 30.1 Å². The Bertz CT molecular complexity index is 1000. The number of methoxy groups -OCH3 is 1. The second-order valence-corrected chi connectivity index (χ2v) is 5.82. The summed E-state index contributed by atoms with van der Waals surface area (Å²) in [5.74, 6) is -0.635. The number of imidazole rings is 1. The third kappa shape index (κ3) is 3.56. The maximum absolute atomic E-state index is 13.4. The molecule has 0 amide bonds. The second kappa shape index (κ2) is 6.88. The SMILES string of the molecule is COC(=O)[C@@H](N)Cc1ccc(-c2nc(N)ccc2C(F)(F)F)c2nccn12. The lowest BCUT2D eigenvalue weighted by atomic mass is 10.0. The zero-order chi connectivity index (χ0) is 19.8. The van der Waals surface area contributed by atoms with Crippen LogP contribution in [-0.4, -0.2) is 33.5 Å². The smallest absolute Gasteiger partial charge is 0.418 e. The molecule has 10 heteroatoms. The maximum atomic E-state index is 13.4. The molecule has 3 aromatic heterocycles. The summed E-state index contributed by atoms with van der Waals surface area (Å²) in [5, 5.41) is 0. The van der Waals surface area contributed by atoms with Crippen LogP contribution in [0.5, 0.6) is 0 Å². The van der Waals surface area contributed by atoms with Crippen molar-refractivity contribution >= 4 is 17.4 Å². The van der Waals surface area contributed by atoms with E-state index in [1.807, 2.05) is 0 Å². The highest BCUT2D eigenvalue weighted by molar-refractivity contribution is 5.79. The number of alkyl halides is 3. The van der Waals surface area contributed by atoms with E-state index in [1.165, 1.54) is 19.4 Å². The molecule has 142 valence electrons. The van der Waals surface area contributed by atoms with Crippen LogP contribution in [0.3, 0.4) is 0 Å². The molecule has 3 heterocycles. The Morgan fingerprint density at radius 2 is 2.04 bits per heavy atom. The topological polar surface area (TPSA) is 109 Å². The summed E-state index contributed by atoms with van der Waals surface area (Å²) in [6.45, 7) is 0. The molecule has 0 saturated carbocycles. The fourth-order valence-electron chi connectivity index (χ4n) is 2.79. The van der Waals surface area contributed by atoms with Gasteiger partial charge in [-0.3, -0.25) is 4.79 Å². The first-order chi connectivity index (χ1) is 12.7. The molecule has 0 aliphatic heterocycles. The Labute approximate surface area is 151 Å². The number of carbonyl (C=O) groups excluding carboxylic acids is 1. The molecule has 0 unspecified atom stereocenters. The molecule has 1 atom stereocenters. The first-order valence-corrected chi connectivity index (χ1v) is 7.85. The number of hydrogen-bond donors (Lipinski definition) is 2. The van der Waals surface area contributed by atoms with Gasteiger partial charge in [-0.2, -0.15) is 13.2 Å². The fraction of sp³-hybridized carbons (Fsp3) is 0.235. The number of pyridine rings is 2. The van der Waals surface area contributed by atoms with Crippen LogP contribution in [0.4, 0.5) is 19.0 Å². The van der Waals surface area contributed by atoms with Crippen molar-refractivity contribution in [3.05, 3.63) is 47.9 Å². The minimum Gasteiger partial charge on any atom is -0.468 e. The second-order valence-electron chi connectivity index (χ2n) is 5.82. The van der Waals surface area contributed by atoms with Gasteiger partial charge in [0.1, 0.15) is 17.5 Å². The number of ether oxygens (including phenoxy) is 1. The molecule has 0 bridgehead atoms. The molecule has 0 aromatic carbocycles. The number of anilines is 1. The molecule has 4 N–H and O–H groups in total. The Morgan fingerprint density at radius 1 is 1.30 bits per heavy atom. The first kappa shape index (κ1) is 18.6. The van der Waals surface area contributed by atoms with Gasteiger partial charge in [0.05, 0.1) is 18.4 Å². The molecule has 7 nitrogen and oxygen atoms in total. The van der Waals surface area contributed by atoms with Gasteiger partial charge in [-0.25, -0.2) is 9.97 Å². The Morgan fingerprint density at radius 3 is 2.70 bits per heavy atom. The van der Waals surface area contributed by atoms with Gasteiger partial charge in [-0.15, -0.1) is 0 Å². The highest BCUT2D eigenvalue weighted by Crippen LogP contribution is 2.37. The summed E-state index contributed by atoms with van der Waals surface area (Å²) in [6, 6.07) is 4.09. The number of nitrogens with two attached hydrogens (primary N) is 2. The molecule has 0 spiro atoms. The summed E-state index contributed by atoms with van der Waals surface area (Å²) in [5.41, 5.74) is 11.1. The average molecular weight is 379 g/mol. The van der Waals surface area contributed by atoms with Crippen molar-refractivity contribution in [3.8, 4) is 11.3 Å². The van der Waals surface area contributed by atoms with Crippen molar-refractivity contribution in [2.24, 2.45) is 5.73 Å². The molecular weight excluding hydrogens is 363 g/mol. The van der Waals surface area contributed by atoms with Crippen molar-refractivity contribution in [1.29, 1.82) is 0 Å². The van der Waals surface area contributed by atoms with Crippen molar-refractivity contribution < 1.29 is 22.7 Å². The molecule has 3 rings (SSSR count). The van der Waals surface area contributed by atoms with Gasteiger partial charge in [0.2, 0.25) is 0 Å². The lowest BCUT2D eigenvalue weighted by Gasteiger charge is -2.15. The van der Waals surface area contributed by atoms with E-state index in [4.69, 9.17) is 11.5 Å². The van der Waals surface area contributed by atoms with E-state index < -0.39 is 23.8 Å². The standard InChI is InChI=1S/C17H16F3N5O2/c1-27-16(26)12(21)8-9-2-3-10(15-23-6-7-25(9)15)14-11(17(18,19)20)4-5-13(22)24-14/h2-7,12H,8,21H2,1H3,(H2,22,24)/t12-/m0/s1. The molecular formula is C17H16F3N5O2. The van der Waals surface area contributed by atoms with E-state index in [0.29, 0.717) is 5.69 Å². The minimum atomic E-state index is -4.61. The lowest BCUT2D eigenvalue weighted by molar-refractivity contribution is -0.142. The summed E-state index contributed by atoms with van der Waals surface area (Å²) >= 11 is 0. The summed E-state index contributed by atoms with van der Waals surface area (Å²) in [6.07, 6.45) is -1.48. The summed E-state index contributed by atoms with van der Waals surface area (Å²) < 4.78 is 46.3. The quantitative estimate of drug-likeness (QED) is 0.672. The van der Waals surface area contributed by atoms with Crippen LogP contribution >= 0.6 is 0 Å². The number of nitrogen functional groups attached to an aromatic ring is 1. The van der Waals surface area contributed by atoms with Gasteiger partial charge in [-0.05, 0) is 24.3 Å². The molecule has 0 aliphatic rings. The maximum Gasteiger partial charge on any atom is 0.418 e. The number of nitrogens with zero attached hydrogens (tertiary/aromatic N) is 3. The third-order valence-electron chi connectivity index (χ3n) is 4.04. The van der Waals surface area contributed by atoms with Crippen LogP contribution in [-0.2, 0) is 22.1 Å². The highest BCUT2D eigenvalue weighted by Gasteiger charge is 2.35. The number of aromatic nitrogens is 3. The van der Waals surface area contributed by atoms with Gasteiger partial charge >= 0.3 is 12.1 Å². The fourth-order valence-corrected chi connectivity index (χ4v) is 2.79. The van der Waals surface area contributed by atoms with Crippen LogP contribution in [0, 0.1) is 0 Å². The average Bonchev–Trinajstić information content (AvgIpc) is 3.10. The van der Waals surface area contributed by atoms with Crippen molar-refractivity contribution in [2.45, 2.75) is 18.6 Å². The molecule has 0 radical (unpaired) electrons. The van der Waals surface area contributed by atoms with Gasteiger partial charge in [0.15, 0.2) is 0 Å².